The maximum absolute atomic E-state index is 12.2. The van der Waals surface area contributed by atoms with Gasteiger partial charge in [-0.05, 0) is 12.8 Å². The number of aromatic nitrogens is 3. The van der Waals surface area contributed by atoms with Crippen molar-refractivity contribution in [1.29, 1.82) is 0 Å². The van der Waals surface area contributed by atoms with Crippen LogP contribution in [0.1, 0.15) is 36.2 Å². The Kier molecular flexibility index (Phi) is 4.21. The van der Waals surface area contributed by atoms with E-state index in [1.807, 2.05) is 0 Å². The Balaban J connectivity index is 1.69. The first kappa shape index (κ1) is 14.1. The molecule has 2 aromatic rings. The fraction of sp³-hybridized carbons (Fsp3) is 0.429. The second-order valence-electron chi connectivity index (χ2n) is 5.06. The van der Waals surface area contributed by atoms with E-state index in [0.29, 0.717) is 16.4 Å². The van der Waals surface area contributed by atoms with Gasteiger partial charge in [0.1, 0.15) is 16.4 Å². The molecular weight excluding hydrogens is 288 g/mol. The van der Waals surface area contributed by atoms with Crippen molar-refractivity contribution in [3.05, 3.63) is 29.7 Å². The largest absolute Gasteiger partial charge is 0.391 e. The Morgan fingerprint density at radius 2 is 2.19 bits per heavy atom. The van der Waals surface area contributed by atoms with Crippen molar-refractivity contribution in [3.8, 4) is 10.7 Å². The molecule has 2 N–H and O–H groups in total. The van der Waals surface area contributed by atoms with E-state index in [-0.39, 0.29) is 11.9 Å². The van der Waals surface area contributed by atoms with Crippen LogP contribution in [0.4, 0.5) is 0 Å². The maximum Gasteiger partial charge on any atom is 0.271 e. The van der Waals surface area contributed by atoms with Crippen LogP contribution in [0.15, 0.2) is 24.0 Å². The highest BCUT2D eigenvalue weighted by atomic mass is 32.1. The van der Waals surface area contributed by atoms with Gasteiger partial charge in [-0.1, -0.05) is 12.8 Å². The smallest absolute Gasteiger partial charge is 0.271 e. The lowest BCUT2D eigenvalue weighted by Crippen LogP contribution is -2.45. The molecule has 0 spiro atoms. The van der Waals surface area contributed by atoms with Crippen molar-refractivity contribution >= 4 is 17.2 Å². The van der Waals surface area contributed by atoms with Gasteiger partial charge in [0.2, 0.25) is 0 Å². The molecule has 3 rings (SSSR count). The first-order valence-electron chi connectivity index (χ1n) is 6.95. The first-order chi connectivity index (χ1) is 10.2. The van der Waals surface area contributed by atoms with E-state index in [1.54, 1.807) is 24.0 Å². The molecular formula is C14H16N4O2S. The second-order valence-corrected chi connectivity index (χ2v) is 5.92. The summed E-state index contributed by atoms with van der Waals surface area (Å²) in [5, 5.41) is 15.1. The minimum absolute atomic E-state index is 0.173. The predicted molar refractivity (Wildman–Crippen MR) is 78.9 cm³/mol. The van der Waals surface area contributed by atoms with E-state index in [9.17, 15) is 9.90 Å². The molecule has 1 aliphatic rings. The van der Waals surface area contributed by atoms with E-state index < -0.39 is 6.10 Å². The van der Waals surface area contributed by atoms with Crippen molar-refractivity contribution in [2.24, 2.45) is 0 Å². The summed E-state index contributed by atoms with van der Waals surface area (Å²) in [6.07, 6.45) is 7.95. The van der Waals surface area contributed by atoms with Crippen molar-refractivity contribution in [1.82, 2.24) is 20.3 Å². The Hall–Kier alpha value is -1.86. The highest BCUT2D eigenvalue weighted by Gasteiger charge is 2.25. The number of aliphatic hydroxyl groups is 1. The number of nitrogens with zero attached hydrogens (tertiary/aromatic N) is 3. The lowest BCUT2D eigenvalue weighted by atomic mass is 9.92. The van der Waals surface area contributed by atoms with Gasteiger partial charge in [-0.2, -0.15) is 0 Å². The van der Waals surface area contributed by atoms with E-state index in [2.05, 4.69) is 20.3 Å². The lowest BCUT2D eigenvalue weighted by molar-refractivity contribution is 0.0714. The van der Waals surface area contributed by atoms with Crippen molar-refractivity contribution in [2.45, 2.75) is 37.8 Å². The third-order valence-electron chi connectivity index (χ3n) is 3.57. The molecule has 2 aromatic heterocycles. The summed E-state index contributed by atoms with van der Waals surface area (Å²) in [5.41, 5.74) is 1.01. The number of aliphatic hydroxyl groups excluding tert-OH is 1. The molecule has 1 amide bonds. The van der Waals surface area contributed by atoms with Crippen LogP contribution in [0.5, 0.6) is 0 Å². The Bertz CT molecular complexity index is 616. The van der Waals surface area contributed by atoms with Crippen LogP contribution in [0.2, 0.25) is 0 Å². The zero-order chi connectivity index (χ0) is 14.7. The van der Waals surface area contributed by atoms with Crippen LogP contribution in [0.25, 0.3) is 10.7 Å². The number of thiazole rings is 1. The monoisotopic (exact) mass is 304 g/mol. The van der Waals surface area contributed by atoms with Crippen LogP contribution in [-0.2, 0) is 0 Å². The molecule has 110 valence electrons. The summed E-state index contributed by atoms with van der Waals surface area (Å²) >= 11 is 1.36. The highest BCUT2D eigenvalue weighted by Crippen LogP contribution is 2.22. The van der Waals surface area contributed by atoms with E-state index in [0.717, 1.165) is 25.7 Å². The summed E-state index contributed by atoms with van der Waals surface area (Å²) in [6, 6.07) is -0.173. The maximum atomic E-state index is 12.2. The summed E-state index contributed by atoms with van der Waals surface area (Å²) in [7, 11) is 0. The number of carbonyl (C=O) groups is 1. The summed E-state index contributed by atoms with van der Waals surface area (Å²) < 4.78 is 0. The Morgan fingerprint density at radius 3 is 2.95 bits per heavy atom. The van der Waals surface area contributed by atoms with Gasteiger partial charge in [0.15, 0.2) is 0 Å². The fourth-order valence-electron chi connectivity index (χ4n) is 2.43. The Labute approximate surface area is 126 Å². The molecule has 1 saturated carbocycles. The highest BCUT2D eigenvalue weighted by molar-refractivity contribution is 7.13. The van der Waals surface area contributed by atoms with Gasteiger partial charge < -0.3 is 10.4 Å². The van der Waals surface area contributed by atoms with Crippen LogP contribution in [0, 0.1) is 0 Å². The number of rotatable bonds is 3. The van der Waals surface area contributed by atoms with Gasteiger partial charge in [0.05, 0.1) is 18.3 Å². The first-order valence-corrected chi connectivity index (χ1v) is 7.83. The predicted octanol–water partition coefficient (Wildman–Crippen LogP) is 1.63. The third-order valence-corrected chi connectivity index (χ3v) is 4.43. The van der Waals surface area contributed by atoms with Gasteiger partial charge in [-0.25, -0.2) is 4.98 Å². The lowest BCUT2D eigenvalue weighted by Gasteiger charge is -2.27. The summed E-state index contributed by atoms with van der Waals surface area (Å²) in [5.74, 6) is -0.243. The fourth-order valence-corrected chi connectivity index (χ4v) is 3.19. The molecule has 1 fully saturated rings. The van der Waals surface area contributed by atoms with Crippen molar-refractivity contribution < 1.29 is 9.90 Å². The number of hydrogen-bond donors (Lipinski definition) is 2. The molecule has 6 nitrogen and oxygen atoms in total. The van der Waals surface area contributed by atoms with Crippen molar-refractivity contribution in [3.63, 3.8) is 0 Å². The standard InChI is InChI=1S/C14H16N4O2S/c19-12-4-2-1-3-9(12)17-13(20)11-8-21-14(18-11)10-7-15-5-6-16-10/h5-9,12,19H,1-4H2,(H,17,20). The van der Waals surface area contributed by atoms with E-state index in [1.165, 1.54) is 11.3 Å². The van der Waals surface area contributed by atoms with Crippen LogP contribution in [0.3, 0.4) is 0 Å². The van der Waals surface area contributed by atoms with Crippen LogP contribution in [-0.4, -0.2) is 38.1 Å². The van der Waals surface area contributed by atoms with Gasteiger partial charge in [0.25, 0.3) is 5.91 Å². The molecule has 2 heterocycles. The van der Waals surface area contributed by atoms with E-state index >= 15 is 0 Å². The SMILES string of the molecule is O=C(NC1CCCCC1O)c1csc(-c2cnccn2)n1. The van der Waals surface area contributed by atoms with Gasteiger partial charge in [-0.3, -0.25) is 14.8 Å². The zero-order valence-corrected chi connectivity index (χ0v) is 12.2. The van der Waals surface area contributed by atoms with Gasteiger partial charge >= 0.3 is 0 Å². The number of hydrogen-bond acceptors (Lipinski definition) is 6. The van der Waals surface area contributed by atoms with Crippen molar-refractivity contribution in [2.75, 3.05) is 0 Å². The minimum atomic E-state index is -0.458. The van der Waals surface area contributed by atoms with Gasteiger partial charge in [-0.15, -0.1) is 11.3 Å². The van der Waals surface area contributed by atoms with Crippen LogP contribution < -0.4 is 5.32 Å². The summed E-state index contributed by atoms with van der Waals surface area (Å²) in [6.45, 7) is 0. The van der Waals surface area contributed by atoms with Crippen LogP contribution >= 0.6 is 11.3 Å². The average Bonchev–Trinajstić information content (AvgIpc) is 3.00. The number of nitrogens with one attached hydrogen (secondary N) is 1. The molecule has 7 heteroatoms. The molecule has 2 unspecified atom stereocenters. The molecule has 2 atom stereocenters. The number of amides is 1. The second kappa shape index (κ2) is 6.28. The molecule has 0 radical (unpaired) electrons. The summed E-state index contributed by atoms with van der Waals surface area (Å²) in [4.78, 5) is 24.6. The molecule has 0 bridgehead atoms. The molecule has 0 saturated heterocycles. The molecule has 1 aliphatic carbocycles. The average molecular weight is 304 g/mol. The zero-order valence-electron chi connectivity index (χ0n) is 11.4. The topological polar surface area (TPSA) is 88.0 Å². The quantitative estimate of drug-likeness (QED) is 0.900. The molecule has 21 heavy (non-hydrogen) atoms. The van der Waals surface area contributed by atoms with Gasteiger partial charge in [0, 0.05) is 17.8 Å². The normalized spacial score (nSPS) is 22.0. The number of carbonyl (C=O) groups excluding carboxylic acids is 1. The third kappa shape index (κ3) is 3.25. The Morgan fingerprint density at radius 1 is 1.33 bits per heavy atom. The van der Waals surface area contributed by atoms with E-state index in [4.69, 9.17) is 0 Å². The molecule has 0 aliphatic heterocycles. The molecule has 0 aromatic carbocycles. The minimum Gasteiger partial charge on any atom is -0.391 e.